The van der Waals surface area contributed by atoms with Gasteiger partial charge in [-0.1, -0.05) is 29.8 Å². The van der Waals surface area contributed by atoms with Gasteiger partial charge < -0.3 is 34.6 Å². The Morgan fingerprint density at radius 3 is 2.43 bits per heavy atom. The van der Waals surface area contributed by atoms with Gasteiger partial charge in [0.25, 0.3) is 5.91 Å². The van der Waals surface area contributed by atoms with Gasteiger partial charge >= 0.3 is 0 Å². The summed E-state index contributed by atoms with van der Waals surface area (Å²) in [6, 6.07) is 16.1. The molecule has 0 aliphatic carbocycles. The maximum atomic E-state index is 13.6. The third-order valence-corrected chi connectivity index (χ3v) is 8.00. The topological polar surface area (TPSA) is 140 Å². The van der Waals surface area contributed by atoms with Crippen molar-refractivity contribution in [1.29, 1.82) is 0 Å². The van der Waals surface area contributed by atoms with Crippen molar-refractivity contribution < 1.29 is 23.7 Å². The minimum absolute atomic E-state index is 0.0374. The fourth-order valence-corrected chi connectivity index (χ4v) is 5.52. The molecule has 0 atom stereocenters. The zero-order valence-corrected chi connectivity index (χ0v) is 25.9. The molecule has 0 saturated carbocycles. The number of ether oxygens (including phenoxy) is 4. The summed E-state index contributed by atoms with van der Waals surface area (Å²) in [6.45, 7) is 4.09. The number of nitrogen functional groups attached to an aromatic ring is 1. The minimum Gasteiger partial charge on any atom is -0.493 e. The highest BCUT2D eigenvalue weighted by Gasteiger charge is 2.20. The number of rotatable bonds is 9. The molecule has 1 amide bonds. The maximum absolute atomic E-state index is 13.6. The molecule has 2 aromatic carbocycles. The highest BCUT2D eigenvalue weighted by Crippen LogP contribution is 2.38. The fourth-order valence-electron chi connectivity index (χ4n) is 5.52. The first-order valence-corrected chi connectivity index (χ1v) is 15.0. The second kappa shape index (κ2) is 13.3. The summed E-state index contributed by atoms with van der Waals surface area (Å²) in [4.78, 5) is 35.9. The van der Waals surface area contributed by atoms with E-state index in [1.807, 2.05) is 42.0 Å². The van der Waals surface area contributed by atoms with Crippen molar-refractivity contribution in [3.8, 4) is 34.1 Å². The quantitative estimate of drug-likeness (QED) is 0.208. The molecule has 0 radical (unpaired) electrons. The molecular formula is C35H35N5O6. The van der Waals surface area contributed by atoms with E-state index < -0.39 is 5.91 Å². The van der Waals surface area contributed by atoms with Gasteiger partial charge in [0, 0.05) is 55.2 Å². The van der Waals surface area contributed by atoms with Crippen LogP contribution in [0.25, 0.3) is 22.0 Å². The second-order valence-electron chi connectivity index (χ2n) is 11.2. The van der Waals surface area contributed by atoms with Crippen LogP contribution >= 0.6 is 0 Å². The van der Waals surface area contributed by atoms with E-state index in [0.717, 1.165) is 24.0 Å². The molecule has 11 heteroatoms. The molecule has 0 bridgehead atoms. The van der Waals surface area contributed by atoms with E-state index in [1.54, 1.807) is 50.7 Å². The molecule has 1 aliphatic heterocycles. The van der Waals surface area contributed by atoms with Crippen LogP contribution in [0.4, 0.5) is 11.6 Å². The van der Waals surface area contributed by atoms with E-state index in [1.165, 1.54) is 6.20 Å². The number of aryl methyl sites for hydroxylation is 1. The monoisotopic (exact) mass is 621 g/mol. The van der Waals surface area contributed by atoms with E-state index in [-0.39, 0.29) is 22.6 Å². The predicted octanol–water partition coefficient (Wildman–Crippen LogP) is 5.84. The Bertz CT molecular complexity index is 1930. The van der Waals surface area contributed by atoms with Crippen molar-refractivity contribution in [1.82, 2.24) is 14.5 Å². The molecule has 4 heterocycles. The smallest absolute Gasteiger partial charge is 0.262 e. The number of hydrogen-bond donors (Lipinski definition) is 2. The molecule has 0 spiro atoms. The average Bonchev–Trinajstić information content (AvgIpc) is 3.06. The van der Waals surface area contributed by atoms with Crippen molar-refractivity contribution in [3.63, 3.8) is 0 Å². The van der Waals surface area contributed by atoms with Gasteiger partial charge in [-0.05, 0) is 49.4 Å². The number of carbonyl (C=O) groups excluding carboxylic acids is 1. The van der Waals surface area contributed by atoms with Crippen LogP contribution in [0.3, 0.4) is 0 Å². The lowest BCUT2D eigenvalue weighted by molar-refractivity contribution is 0.0612. The van der Waals surface area contributed by atoms with Gasteiger partial charge in [0.15, 0.2) is 11.5 Å². The number of carbonyl (C=O) groups is 1. The molecule has 46 heavy (non-hydrogen) atoms. The van der Waals surface area contributed by atoms with Crippen molar-refractivity contribution in [3.05, 3.63) is 94.5 Å². The zero-order chi connectivity index (χ0) is 32.2. The molecule has 1 saturated heterocycles. The largest absolute Gasteiger partial charge is 0.493 e. The first-order valence-electron chi connectivity index (χ1n) is 15.0. The Morgan fingerprint density at radius 1 is 1.00 bits per heavy atom. The van der Waals surface area contributed by atoms with E-state index in [4.69, 9.17) is 24.7 Å². The second-order valence-corrected chi connectivity index (χ2v) is 11.2. The van der Waals surface area contributed by atoms with Crippen LogP contribution in [0.15, 0.2) is 78.0 Å². The van der Waals surface area contributed by atoms with Gasteiger partial charge in [0.05, 0.1) is 25.9 Å². The number of methoxy groups -OCH3 is 2. The Morgan fingerprint density at radius 2 is 1.74 bits per heavy atom. The molecule has 3 aromatic heterocycles. The summed E-state index contributed by atoms with van der Waals surface area (Å²) in [5.74, 6) is 2.25. The lowest BCUT2D eigenvalue weighted by Crippen LogP contribution is -2.27. The first-order chi connectivity index (χ1) is 22.3. The summed E-state index contributed by atoms with van der Waals surface area (Å²) in [5, 5.41) is 3.44. The standard InChI is InChI=1S/C35H35N5O6/c1-21-4-6-23(7-5-21)26-19-40(18-22-10-12-45-13-11-22)20-27(34(26)41)35(42)39-33-9-8-24(17-37-33)46-29-16-32(36)38-28-15-31(44-3)30(43-2)14-25(28)29/h4-9,14-17,19-20,22H,10-13,18H2,1-3H3,(H2,36,38)(H,37,39,42). The molecule has 236 valence electrons. The van der Waals surface area contributed by atoms with Crippen molar-refractivity contribution in [2.45, 2.75) is 26.3 Å². The maximum Gasteiger partial charge on any atom is 0.262 e. The molecular weight excluding hydrogens is 586 g/mol. The third-order valence-electron chi connectivity index (χ3n) is 8.00. The SMILES string of the molecule is COc1cc2nc(N)cc(Oc3ccc(NC(=O)c4cn(CC5CCOCC5)cc(-c5ccc(C)cc5)c4=O)nc3)c2cc1OC. The number of anilines is 2. The highest BCUT2D eigenvalue weighted by molar-refractivity contribution is 6.04. The first kappa shape index (κ1) is 30.6. The van der Waals surface area contributed by atoms with Crippen LogP contribution in [-0.2, 0) is 11.3 Å². The van der Waals surface area contributed by atoms with Gasteiger partial charge in [-0.3, -0.25) is 9.59 Å². The summed E-state index contributed by atoms with van der Waals surface area (Å²) in [7, 11) is 3.09. The highest BCUT2D eigenvalue weighted by atomic mass is 16.5. The van der Waals surface area contributed by atoms with Crippen LogP contribution in [0.2, 0.25) is 0 Å². The average molecular weight is 622 g/mol. The number of pyridine rings is 3. The number of hydrogen-bond acceptors (Lipinski definition) is 9. The number of aromatic nitrogens is 3. The lowest BCUT2D eigenvalue weighted by Gasteiger charge is -2.23. The van der Waals surface area contributed by atoms with E-state index in [0.29, 0.717) is 65.1 Å². The van der Waals surface area contributed by atoms with Gasteiger partial charge in [-0.25, -0.2) is 9.97 Å². The number of nitrogens with two attached hydrogens (primary N) is 1. The van der Waals surface area contributed by atoms with Crippen molar-refractivity contribution in [2.24, 2.45) is 5.92 Å². The molecule has 1 fully saturated rings. The zero-order valence-electron chi connectivity index (χ0n) is 25.9. The molecule has 5 aromatic rings. The van der Waals surface area contributed by atoms with Gasteiger partial charge in [-0.15, -0.1) is 0 Å². The fraction of sp³-hybridized carbons (Fsp3) is 0.257. The van der Waals surface area contributed by atoms with E-state index >= 15 is 0 Å². The molecule has 6 rings (SSSR count). The number of benzene rings is 2. The van der Waals surface area contributed by atoms with Crippen LogP contribution in [0, 0.1) is 12.8 Å². The van der Waals surface area contributed by atoms with Crippen LogP contribution in [0.5, 0.6) is 23.0 Å². The lowest BCUT2D eigenvalue weighted by atomic mass is 9.99. The Labute approximate surface area is 265 Å². The summed E-state index contributed by atoms with van der Waals surface area (Å²) in [5.41, 5.74) is 8.61. The summed E-state index contributed by atoms with van der Waals surface area (Å²) < 4.78 is 24.4. The Hall–Kier alpha value is -5.42. The predicted molar refractivity (Wildman–Crippen MR) is 176 cm³/mol. The Kier molecular flexibility index (Phi) is 8.84. The van der Waals surface area contributed by atoms with E-state index in [2.05, 4.69) is 15.3 Å². The molecule has 3 N–H and O–H groups in total. The van der Waals surface area contributed by atoms with Gasteiger partial charge in [0.2, 0.25) is 5.43 Å². The number of amides is 1. The summed E-state index contributed by atoms with van der Waals surface area (Å²) in [6.07, 6.45) is 6.80. The third kappa shape index (κ3) is 6.64. The van der Waals surface area contributed by atoms with Crippen LogP contribution in [0.1, 0.15) is 28.8 Å². The normalized spacial score (nSPS) is 13.4. The number of nitrogens with zero attached hydrogens (tertiary/aromatic N) is 3. The summed E-state index contributed by atoms with van der Waals surface area (Å²) >= 11 is 0. The molecule has 0 unspecified atom stereocenters. The Balaban J connectivity index is 1.25. The number of fused-ring (bicyclic) bond motifs is 1. The molecule has 11 nitrogen and oxygen atoms in total. The number of nitrogens with one attached hydrogen (secondary N) is 1. The van der Waals surface area contributed by atoms with Crippen molar-refractivity contribution in [2.75, 3.05) is 38.5 Å². The van der Waals surface area contributed by atoms with Gasteiger partial charge in [0.1, 0.15) is 28.7 Å². The van der Waals surface area contributed by atoms with Crippen molar-refractivity contribution >= 4 is 28.4 Å². The van der Waals surface area contributed by atoms with Gasteiger partial charge in [-0.2, -0.15) is 0 Å². The molecule has 1 aliphatic rings. The minimum atomic E-state index is -0.546. The van der Waals surface area contributed by atoms with E-state index in [9.17, 15) is 9.59 Å². The van der Waals surface area contributed by atoms with Crippen LogP contribution < -0.4 is 30.7 Å². The van der Waals surface area contributed by atoms with Crippen LogP contribution in [-0.4, -0.2) is 47.9 Å².